The lowest BCUT2D eigenvalue weighted by molar-refractivity contribution is -0.142. The summed E-state index contributed by atoms with van der Waals surface area (Å²) in [7, 11) is 0. The number of hydrogen-bond acceptors (Lipinski definition) is 4. The fourth-order valence-corrected chi connectivity index (χ4v) is 5.77. The van der Waals surface area contributed by atoms with Gasteiger partial charge >= 0.3 is 5.97 Å². The van der Waals surface area contributed by atoms with E-state index >= 15 is 0 Å². The van der Waals surface area contributed by atoms with E-state index < -0.39 is 11.9 Å². The second kappa shape index (κ2) is 10.6. The molecule has 1 aliphatic carbocycles. The van der Waals surface area contributed by atoms with Crippen LogP contribution < -0.4 is 0 Å². The Hall–Kier alpha value is -2.47. The number of thiophene rings is 1. The molecule has 1 N–H and O–H groups in total. The van der Waals surface area contributed by atoms with Crippen molar-refractivity contribution < 1.29 is 14.7 Å². The summed E-state index contributed by atoms with van der Waals surface area (Å²) in [5, 5.41) is 11.6. The standard InChI is InChI=1S/C27H34N2O3S/c1-18(2)13-21(27(31)32)15-25(30)20-10-11-24-23(14-20)28-26(16-22-9-6-12-33-22)29(24)17-19-7-4-3-5-8-19/h6,9-12,14,18-19,21H,3-5,7-8,13,15-17H2,1-2H3,(H,31,32)/t21-/m1/s1. The van der Waals surface area contributed by atoms with Crippen molar-refractivity contribution >= 4 is 34.1 Å². The number of Topliss-reactive ketones (excluding diaryl/α,β-unsaturated/α-hetero) is 1. The summed E-state index contributed by atoms with van der Waals surface area (Å²) in [4.78, 5) is 30.8. The van der Waals surface area contributed by atoms with Gasteiger partial charge < -0.3 is 9.67 Å². The van der Waals surface area contributed by atoms with Crippen molar-refractivity contribution in [1.29, 1.82) is 0 Å². The first-order chi connectivity index (χ1) is 15.9. The van der Waals surface area contributed by atoms with Crippen LogP contribution in [-0.2, 0) is 17.8 Å². The first-order valence-corrected chi connectivity index (χ1v) is 13.1. The van der Waals surface area contributed by atoms with Crippen LogP contribution in [0.3, 0.4) is 0 Å². The first-order valence-electron chi connectivity index (χ1n) is 12.2. The highest BCUT2D eigenvalue weighted by Gasteiger charge is 2.24. The third-order valence-corrected chi connectivity index (χ3v) is 7.64. The number of carboxylic acid groups (broad SMARTS) is 1. The van der Waals surface area contributed by atoms with E-state index in [0.717, 1.165) is 29.8 Å². The number of fused-ring (bicyclic) bond motifs is 1. The fraction of sp³-hybridized carbons (Fsp3) is 0.519. The van der Waals surface area contributed by atoms with Gasteiger partial charge in [0.15, 0.2) is 5.78 Å². The van der Waals surface area contributed by atoms with Crippen LogP contribution in [0.15, 0.2) is 35.7 Å². The lowest BCUT2D eigenvalue weighted by Gasteiger charge is -2.23. The highest BCUT2D eigenvalue weighted by molar-refractivity contribution is 7.09. The van der Waals surface area contributed by atoms with Gasteiger partial charge in [-0.1, -0.05) is 39.2 Å². The number of rotatable bonds is 10. The number of ketones is 1. The number of carbonyl (C=O) groups is 2. The molecule has 1 aromatic carbocycles. The predicted octanol–water partition coefficient (Wildman–Crippen LogP) is 6.59. The molecule has 2 heterocycles. The Morgan fingerprint density at radius 1 is 1.18 bits per heavy atom. The topological polar surface area (TPSA) is 72.2 Å². The first kappa shape index (κ1) is 23.7. The van der Waals surface area contributed by atoms with Crippen molar-refractivity contribution in [3.63, 3.8) is 0 Å². The van der Waals surface area contributed by atoms with E-state index in [1.54, 1.807) is 11.3 Å². The van der Waals surface area contributed by atoms with Crippen LogP contribution in [0.2, 0.25) is 0 Å². The molecule has 176 valence electrons. The van der Waals surface area contributed by atoms with Crippen LogP contribution in [0.25, 0.3) is 11.0 Å². The summed E-state index contributed by atoms with van der Waals surface area (Å²) in [5.41, 5.74) is 2.46. The van der Waals surface area contributed by atoms with E-state index in [1.807, 2.05) is 32.0 Å². The van der Waals surface area contributed by atoms with Gasteiger partial charge in [-0.15, -0.1) is 11.3 Å². The number of benzene rings is 1. The number of carbonyl (C=O) groups excluding carboxylic acids is 1. The molecule has 2 aromatic heterocycles. The van der Waals surface area contributed by atoms with Gasteiger partial charge in [-0.3, -0.25) is 9.59 Å². The Labute approximate surface area is 199 Å². The minimum atomic E-state index is -0.895. The van der Waals surface area contributed by atoms with E-state index in [4.69, 9.17) is 4.98 Å². The molecule has 0 saturated heterocycles. The zero-order chi connectivity index (χ0) is 23.4. The van der Waals surface area contributed by atoms with Crippen LogP contribution in [0.1, 0.15) is 79.9 Å². The molecule has 0 amide bonds. The molecular weight excluding hydrogens is 432 g/mol. The molecule has 1 saturated carbocycles. The second-order valence-corrected chi connectivity index (χ2v) is 10.9. The number of aromatic nitrogens is 2. The van der Waals surface area contributed by atoms with Gasteiger partial charge in [0.25, 0.3) is 0 Å². The summed E-state index contributed by atoms with van der Waals surface area (Å²) in [6.07, 6.45) is 7.80. The highest BCUT2D eigenvalue weighted by Crippen LogP contribution is 2.29. The van der Waals surface area contributed by atoms with Crippen molar-refractivity contribution in [2.75, 3.05) is 0 Å². The molecule has 4 rings (SSSR count). The van der Waals surface area contributed by atoms with Gasteiger partial charge in [-0.05, 0) is 60.7 Å². The Bertz CT molecular complexity index is 1090. The van der Waals surface area contributed by atoms with Gasteiger partial charge in [0.05, 0.1) is 17.0 Å². The van der Waals surface area contributed by atoms with Gasteiger partial charge in [0, 0.05) is 29.8 Å². The number of hydrogen-bond donors (Lipinski definition) is 1. The van der Waals surface area contributed by atoms with Gasteiger partial charge in [0.2, 0.25) is 0 Å². The Kier molecular flexibility index (Phi) is 7.63. The fourth-order valence-electron chi connectivity index (χ4n) is 5.07. The maximum Gasteiger partial charge on any atom is 0.306 e. The molecule has 33 heavy (non-hydrogen) atoms. The molecule has 3 aromatic rings. The lowest BCUT2D eigenvalue weighted by atomic mass is 9.89. The van der Waals surface area contributed by atoms with Gasteiger partial charge in [-0.25, -0.2) is 4.98 Å². The van der Waals surface area contributed by atoms with Crippen LogP contribution in [0.4, 0.5) is 0 Å². The molecule has 5 nitrogen and oxygen atoms in total. The van der Waals surface area contributed by atoms with Gasteiger partial charge in [0.1, 0.15) is 5.82 Å². The number of nitrogens with zero attached hydrogens (tertiary/aromatic N) is 2. The van der Waals surface area contributed by atoms with Crippen molar-refractivity contribution in [2.45, 2.75) is 71.8 Å². The van der Waals surface area contributed by atoms with Crippen molar-refractivity contribution in [3.05, 3.63) is 52.0 Å². The largest absolute Gasteiger partial charge is 0.481 e. The summed E-state index contributed by atoms with van der Waals surface area (Å²) in [6, 6.07) is 9.94. The molecule has 0 bridgehead atoms. The molecule has 0 spiro atoms. The predicted molar refractivity (Wildman–Crippen MR) is 133 cm³/mol. The molecule has 6 heteroatoms. The maximum absolute atomic E-state index is 13.0. The van der Waals surface area contributed by atoms with Crippen LogP contribution >= 0.6 is 11.3 Å². The molecule has 0 radical (unpaired) electrons. The summed E-state index contributed by atoms with van der Waals surface area (Å²) >= 11 is 1.74. The molecule has 0 aliphatic heterocycles. The smallest absolute Gasteiger partial charge is 0.306 e. The van der Waals surface area contributed by atoms with Crippen LogP contribution in [0.5, 0.6) is 0 Å². The quantitative estimate of drug-likeness (QED) is 0.342. The SMILES string of the molecule is CC(C)C[C@H](CC(=O)c1ccc2c(c1)nc(Cc1cccs1)n2CC1CCCCC1)C(=O)O. The van der Waals surface area contributed by atoms with Crippen LogP contribution in [-0.4, -0.2) is 26.4 Å². The van der Waals surface area contributed by atoms with Gasteiger partial charge in [-0.2, -0.15) is 0 Å². The Morgan fingerprint density at radius 3 is 2.64 bits per heavy atom. The average Bonchev–Trinajstić information content (AvgIpc) is 3.41. The Balaban J connectivity index is 1.62. The number of carboxylic acids is 1. The van der Waals surface area contributed by atoms with E-state index in [9.17, 15) is 14.7 Å². The molecule has 1 atom stereocenters. The van der Waals surface area contributed by atoms with Crippen molar-refractivity contribution in [3.8, 4) is 0 Å². The summed E-state index contributed by atoms with van der Waals surface area (Å²) in [6.45, 7) is 4.95. The third-order valence-electron chi connectivity index (χ3n) is 6.76. The van der Waals surface area contributed by atoms with Crippen LogP contribution in [0, 0.1) is 17.8 Å². The molecule has 0 unspecified atom stereocenters. The normalized spacial score (nSPS) is 15.8. The Morgan fingerprint density at radius 2 is 1.97 bits per heavy atom. The molecular formula is C27H34N2O3S. The van der Waals surface area contributed by atoms with Crippen molar-refractivity contribution in [1.82, 2.24) is 9.55 Å². The summed E-state index contributed by atoms with van der Waals surface area (Å²) in [5.74, 6) is 0.292. The lowest BCUT2D eigenvalue weighted by Crippen LogP contribution is -2.20. The molecule has 1 fully saturated rings. The maximum atomic E-state index is 13.0. The highest BCUT2D eigenvalue weighted by atomic mass is 32.1. The minimum Gasteiger partial charge on any atom is -0.481 e. The van der Waals surface area contributed by atoms with E-state index in [0.29, 0.717) is 17.9 Å². The van der Waals surface area contributed by atoms with E-state index in [-0.39, 0.29) is 18.1 Å². The third kappa shape index (κ3) is 5.91. The van der Waals surface area contributed by atoms with E-state index in [2.05, 4.69) is 22.1 Å². The number of imidazole rings is 1. The minimum absolute atomic E-state index is 0.0316. The zero-order valence-electron chi connectivity index (χ0n) is 19.6. The second-order valence-electron chi connectivity index (χ2n) is 9.89. The van der Waals surface area contributed by atoms with E-state index in [1.165, 1.54) is 37.0 Å². The molecule has 1 aliphatic rings. The summed E-state index contributed by atoms with van der Waals surface area (Å²) < 4.78 is 2.36. The van der Waals surface area contributed by atoms with Crippen molar-refractivity contribution in [2.24, 2.45) is 17.8 Å². The monoisotopic (exact) mass is 466 g/mol. The zero-order valence-corrected chi connectivity index (χ0v) is 20.4. The average molecular weight is 467 g/mol. The number of aliphatic carboxylic acids is 1.